The van der Waals surface area contributed by atoms with Gasteiger partial charge >= 0.3 is 7.69 Å². The van der Waals surface area contributed by atoms with Gasteiger partial charge in [0, 0.05) is 6.07 Å². The first-order valence-electron chi connectivity index (χ1n) is 4.38. The quantitative estimate of drug-likeness (QED) is 0.731. The van der Waals surface area contributed by atoms with Crippen LogP contribution in [-0.2, 0) is 5.41 Å². The van der Waals surface area contributed by atoms with Crippen LogP contribution in [-0.4, -0.2) is 12.7 Å². The van der Waals surface area contributed by atoms with Crippen LogP contribution >= 0.6 is 0 Å². The van der Waals surface area contributed by atoms with Gasteiger partial charge in [-0.15, -0.1) is 0 Å². The van der Waals surface area contributed by atoms with Gasteiger partial charge in [0.25, 0.3) is 0 Å². The molecule has 0 fully saturated rings. The Morgan fingerprint density at radius 3 is 2.43 bits per heavy atom. The molecule has 0 aliphatic heterocycles. The highest BCUT2D eigenvalue weighted by Crippen LogP contribution is 2.27. The molecule has 0 saturated heterocycles. The van der Waals surface area contributed by atoms with Crippen molar-refractivity contribution < 1.29 is 14.1 Å². The minimum absolute atomic E-state index is 0.231. The lowest BCUT2D eigenvalue weighted by molar-refractivity contribution is 0.448. The highest BCUT2D eigenvalue weighted by atomic mass is 19.1. The monoisotopic (exact) mass is 195 g/mol. The van der Waals surface area contributed by atoms with Gasteiger partial charge in [0.2, 0.25) is 0 Å². The van der Waals surface area contributed by atoms with Crippen molar-refractivity contribution in [2.24, 2.45) is 0 Å². The third-order valence-electron chi connectivity index (χ3n) is 1.94. The smallest absolute Gasteiger partial charge is 0.537 e. The molecule has 1 aromatic carbocycles. The molecular formula is C10H13BFO2. The van der Waals surface area contributed by atoms with Gasteiger partial charge in [-0.3, -0.25) is 0 Å². The van der Waals surface area contributed by atoms with E-state index in [1.165, 1.54) is 6.07 Å². The lowest BCUT2D eigenvalue weighted by Gasteiger charge is -2.20. The molecule has 14 heavy (non-hydrogen) atoms. The van der Waals surface area contributed by atoms with Crippen molar-refractivity contribution in [3.63, 3.8) is 0 Å². The summed E-state index contributed by atoms with van der Waals surface area (Å²) in [7, 11) is 0.533. The van der Waals surface area contributed by atoms with E-state index in [1.807, 2.05) is 20.8 Å². The SMILES string of the molecule is CC(C)(C)c1ccc(O[B]O)cc1F. The molecule has 2 nitrogen and oxygen atoms in total. The van der Waals surface area contributed by atoms with Crippen molar-refractivity contribution in [2.45, 2.75) is 26.2 Å². The number of rotatable bonds is 2. The molecular weight excluding hydrogens is 182 g/mol. The van der Waals surface area contributed by atoms with Crippen LogP contribution in [0.25, 0.3) is 0 Å². The summed E-state index contributed by atoms with van der Waals surface area (Å²) >= 11 is 0. The van der Waals surface area contributed by atoms with E-state index in [0.29, 0.717) is 13.2 Å². The molecule has 0 aromatic heterocycles. The number of hydrogen-bond acceptors (Lipinski definition) is 2. The second kappa shape index (κ2) is 4.01. The lowest BCUT2D eigenvalue weighted by atomic mass is 9.86. The fraction of sp³-hybridized carbons (Fsp3) is 0.400. The summed E-state index contributed by atoms with van der Waals surface area (Å²) in [5.74, 6) is -0.0325. The van der Waals surface area contributed by atoms with Gasteiger partial charge in [-0.25, -0.2) is 4.39 Å². The molecule has 0 heterocycles. The second-order valence-electron chi connectivity index (χ2n) is 4.11. The predicted molar refractivity (Wildman–Crippen MR) is 53.7 cm³/mol. The standard InChI is InChI=1S/C10H13BFO2/c1-10(2,3)8-5-4-7(14-11-13)6-9(8)12/h4-6,13H,1-3H3. The summed E-state index contributed by atoms with van der Waals surface area (Å²) in [6.07, 6.45) is 0. The summed E-state index contributed by atoms with van der Waals surface area (Å²) in [4.78, 5) is 0. The highest BCUT2D eigenvalue weighted by Gasteiger charge is 2.18. The largest absolute Gasteiger partial charge is 0.569 e. The zero-order chi connectivity index (χ0) is 10.8. The van der Waals surface area contributed by atoms with E-state index in [-0.39, 0.29) is 17.0 Å². The van der Waals surface area contributed by atoms with Gasteiger partial charge in [0.1, 0.15) is 11.6 Å². The highest BCUT2D eigenvalue weighted by molar-refractivity contribution is 6.17. The van der Waals surface area contributed by atoms with E-state index in [4.69, 9.17) is 5.02 Å². The minimum atomic E-state index is -0.322. The van der Waals surface area contributed by atoms with Gasteiger partial charge in [-0.1, -0.05) is 26.8 Å². The Morgan fingerprint density at radius 1 is 1.36 bits per heavy atom. The molecule has 0 aliphatic carbocycles. The molecule has 0 aliphatic rings. The molecule has 0 unspecified atom stereocenters. The predicted octanol–water partition coefficient (Wildman–Crippen LogP) is 2.03. The Morgan fingerprint density at radius 2 is 2.00 bits per heavy atom. The zero-order valence-electron chi connectivity index (χ0n) is 8.54. The van der Waals surface area contributed by atoms with Crippen molar-refractivity contribution in [1.82, 2.24) is 0 Å². The van der Waals surface area contributed by atoms with Crippen LogP contribution < -0.4 is 4.65 Å². The molecule has 1 N–H and O–H groups in total. The zero-order valence-corrected chi connectivity index (χ0v) is 8.54. The average molecular weight is 195 g/mol. The van der Waals surface area contributed by atoms with Crippen LogP contribution in [0.2, 0.25) is 0 Å². The Kier molecular flexibility index (Phi) is 3.16. The Hall–Kier alpha value is -1.03. The van der Waals surface area contributed by atoms with Crippen LogP contribution in [0.15, 0.2) is 18.2 Å². The summed E-state index contributed by atoms with van der Waals surface area (Å²) in [5.41, 5.74) is 0.397. The molecule has 0 atom stereocenters. The third-order valence-corrected chi connectivity index (χ3v) is 1.94. The van der Waals surface area contributed by atoms with Crippen LogP contribution in [0.4, 0.5) is 4.39 Å². The Balaban J connectivity index is 3.02. The topological polar surface area (TPSA) is 29.5 Å². The number of halogens is 1. The summed E-state index contributed by atoms with van der Waals surface area (Å²) in [5, 5.41) is 8.37. The van der Waals surface area contributed by atoms with Crippen LogP contribution in [0.3, 0.4) is 0 Å². The first-order chi connectivity index (χ1) is 6.45. The van der Waals surface area contributed by atoms with E-state index in [9.17, 15) is 4.39 Å². The molecule has 1 radical (unpaired) electrons. The molecule has 0 saturated carbocycles. The van der Waals surface area contributed by atoms with Crippen LogP contribution in [0.1, 0.15) is 26.3 Å². The van der Waals surface area contributed by atoms with Gasteiger partial charge in [-0.2, -0.15) is 0 Å². The maximum atomic E-state index is 13.5. The third kappa shape index (κ3) is 2.48. The van der Waals surface area contributed by atoms with E-state index in [1.54, 1.807) is 12.1 Å². The molecule has 75 valence electrons. The maximum absolute atomic E-state index is 13.5. The fourth-order valence-electron chi connectivity index (χ4n) is 1.24. The molecule has 4 heteroatoms. The van der Waals surface area contributed by atoms with Gasteiger partial charge < -0.3 is 9.68 Å². The minimum Gasteiger partial charge on any atom is -0.537 e. The molecule has 0 amide bonds. The van der Waals surface area contributed by atoms with Crippen molar-refractivity contribution in [3.8, 4) is 5.75 Å². The molecule has 0 bridgehead atoms. The van der Waals surface area contributed by atoms with Gasteiger partial charge in [0.05, 0.1) is 0 Å². The molecule has 1 rings (SSSR count). The average Bonchev–Trinajstić information content (AvgIpc) is 2.02. The lowest BCUT2D eigenvalue weighted by Crippen LogP contribution is -2.13. The first kappa shape index (κ1) is 11.1. The van der Waals surface area contributed by atoms with Gasteiger partial charge in [-0.05, 0) is 17.0 Å². The second-order valence-corrected chi connectivity index (χ2v) is 4.11. The fourth-order valence-corrected chi connectivity index (χ4v) is 1.24. The van der Waals surface area contributed by atoms with E-state index >= 15 is 0 Å². The molecule has 0 spiro atoms. The molecule has 1 aromatic rings. The van der Waals surface area contributed by atoms with Crippen LogP contribution in [0.5, 0.6) is 5.75 Å². The normalized spacial score (nSPS) is 11.2. The van der Waals surface area contributed by atoms with Crippen molar-refractivity contribution in [1.29, 1.82) is 0 Å². The number of benzene rings is 1. The number of hydrogen-bond donors (Lipinski definition) is 1. The summed E-state index contributed by atoms with van der Waals surface area (Å²) in [6.45, 7) is 5.80. The summed E-state index contributed by atoms with van der Waals surface area (Å²) < 4.78 is 18.1. The van der Waals surface area contributed by atoms with Crippen molar-refractivity contribution in [2.75, 3.05) is 0 Å². The Bertz CT molecular complexity index is 320. The van der Waals surface area contributed by atoms with E-state index in [0.717, 1.165) is 0 Å². The van der Waals surface area contributed by atoms with E-state index < -0.39 is 0 Å². The van der Waals surface area contributed by atoms with Gasteiger partial charge in [0.15, 0.2) is 0 Å². The first-order valence-corrected chi connectivity index (χ1v) is 4.38. The van der Waals surface area contributed by atoms with Crippen LogP contribution in [0, 0.1) is 5.82 Å². The van der Waals surface area contributed by atoms with Crippen molar-refractivity contribution >= 4 is 7.69 Å². The van der Waals surface area contributed by atoms with Crippen molar-refractivity contribution in [3.05, 3.63) is 29.6 Å². The Labute approximate surface area is 84.0 Å². The summed E-state index contributed by atoms with van der Waals surface area (Å²) in [6, 6.07) is 4.54. The van der Waals surface area contributed by atoms with E-state index in [2.05, 4.69) is 4.65 Å². The maximum Gasteiger partial charge on any atom is 0.569 e.